The predicted octanol–water partition coefficient (Wildman–Crippen LogP) is 0.501. The van der Waals surface area contributed by atoms with Crippen molar-refractivity contribution in [2.75, 3.05) is 27.2 Å². The largest absolute Gasteiger partial charge is 0.496 e. The molecule has 1 aromatic carbocycles. The molecule has 5 nitrogen and oxygen atoms in total. The van der Waals surface area contributed by atoms with Crippen molar-refractivity contribution in [1.82, 2.24) is 10.0 Å². The summed E-state index contributed by atoms with van der Waals surface area (Å²) in [6.45, 7) is 2.77. The van der Waals surface area contributed by atoms with Crippen LogP contribution in [-0.2, 0) is 10.0 Å². The number of likely N-dealkylation sites (N-methyl/N-ethyl adjacent to an activating group) is 1. The van der Waals surface area contributed by atoms with Crippen LogP contribution in [0.15, 0.2) is 23.1 Å². The molecule has 6 heteroatoms. The first kappa shape index (κ1) is 14.0. The molecule has 17 heavy (non-hydrogen) atoms. The van der Waals surface area contributed by atoms with Crippen molar-refractivity contribution in [2.24, 2.45) is 0 Å². The van der Waals surface area contributed by atoms with E-state index in [1.807, 2.05) is 6.92 Å². The average molecular weight is 258 g/mol. The fraction of sp³-hybridized carbons (Fsp3) is 0.455. The van der Waals surface area contributed by atoms with Crippen LogP contribution in [0.3, 0.4) is 0 Å². The van der Waals surface area contributed by atoms with Crippen LogP contribution in [0, 0.1) is 6.92 Å². The second-order valence-electron chi connectivity index (χ2n) is 3.63. The summed E-state index contributed by atoms with van der Waals surface area (Å²) >= 11 is 0. The summed E-state index contributed by atoms with van der Waals surface area (Å²) in [5.74, 6) is 0.680. The minimum absolute atomic E-state index is 0.256. The van der Waals surface area contributed by atoms with E-state index < -0.39 is 10.0 Å². The molecule has 2 N–H and O–H groups in total. The zero-order chi connectivity index (χ0) is 12.9. The van der Waals surface area contributed by atoms with Gasteiger partial charge >= 0.3 is 0 Å². The molecule has 0 aliphatic heterocycles. The number of sulfonamides is 1. The quantitative estimate of drug-likeness (QED) is 0.729. The first-order chi connectivity index (χ1) is 8.01. The third-order valence-electron chi connectivity index (χ3n) is 2.34. The van der Waals surface area contributed by atoms with Gasteiger partial charge in [-0.15, -0.1) is 0 Å². The summed E-state index contributed by atoms with van der Waals surface area (Å²) in [6.07, 6.45) is 0. The highest BCUT2D eigenvalue weighted by molar-refractivity contribution is 7.89. The lowest BCUT2D eigenvalue weighted by molar-refractivity contribution is 0.411. The number of benzene rings is 1. The van der Waals surface area contributed by atoms with Crippen molar-refractivity contribution in [3.05, 3.63) is 23.8 Å². The fourth-order valence-corrected chi connectivity index (χ4v) is 2.53. The van der Waals surface area contributed by atoms with Crippen molar-refractivity contribution in [3.63, 3.8) is 0 Å². The molecule has 0 radical (unpaired) electrons. The van der Waals surface area contributed by atoms with Crippen LogP contribution in [0.5, 0.6) is 5.75 Å². The van der Waals surface area contributed by atoms with Crippen LogP contribution in [0.25, 0.3) is 0 Å². The van der Waals surface area contributed by atoms with Gasteiger partial charge in [0.1, 0.15) is 5.75 Å². The highest BCUT2D eigenvalue weighted by Gasteiger charge is 2.14. The predicted molar refractivity (Wildman–Crippen MR) is 66.8 cm³/mol. The first-order valence-electron chi connectivity index (χ1n) is 5.30. The van der Waals surface area contributed by atoms with Crippen molar-refractivity contribution in [3.8, 4) is 5.75 Å². The van der Waals surface area contributed by atoms with E-state index >= 15 is 0 Å². The molecule has 0 aliphatic carbocycles. The smallest absolute Gasteiger partial charge is 0.240 e. The number of methoxy groups -OCH3 is 1. The summed E-state index contributed by atoms with van der Waals surface area (Å²) in [6, 6.07) is 4.79. The number of nitrogens with one attached hydrogen (secondary N) is 2. The van der Waals surface area contributed by atoms with Gasteiger partial charge in [-0.25, -0.2) is 13.1 Å². The maximum atomic E-state index is 11.9. The number of hydrogen-bond acceptors (Lipinski definition) is 4. The summed E-state index contributed by atoms with van der Waals surface area (Å²) in [5, 5.41) is 2.87. The van der Waals surface area contributed by atoms with E-state index in [4.69, 9.17) is 4.74 Å². The lowest BCUT2D eigenvalue weighted by Crippen LogP contribution is -2.30. The van der Waals surface area contributed by atoms with Gasteiger partial charge in [-0.2, -0.15) is 0 Å². The van der Waals surface area contributed by atoms with E-state index in [1.165, 1.54) is 6.07 Å². The van der Waals surface area contributed by atoms with Crippen molar-refractivity contribution in [1.29, 1.82) is 0 Å². The zero-order valence-electron chi connectivity index (χ0n) is 10.3. The van der Waals surface area contributed by atoms with Crippen LogP contribution < -0.4 is 14.8 Å². The second-order valence-corrected chi connectivity index (χ2v) is 5.40. The maximum absolute atomic E-state index is 11.9. The Bertz CT molecular complexity index is 472. The Labute approximate surface area is 102 Å². The lowest BCUT2D eigenvalue weighted by Gasteiger charge is -2.09. The highest BCUT2D eigenvalue weighted by atomic mass is 32.2. The summed E-state index contributed by atoms with van der Waals surface area (Å²) in [7, 11) is -0.0987. The van der Waals surface area contributed by atoms with Gasteiger partial charge in [0.25, 0.3) is 0 Å². The fourth-order valence-electron chi connectivity index (χ4n) is 1.41. The molecular formula is C11H18N2O3S. The number of ether oxygens (including phenoxy) is 1. The van der Waals surface area contributed by atoms with Crippen LogP contribution in [0.2, 0.25) is 0 Å². The number of rotatable bonds is 6. The molecule has 0 fully saturated rings. The maximum Gasteiger partial charge on any atom is 0.240 e. The van der Waals surface area contributed by atoms with E-state index in [1.54, 1.807) is 26.3 Å². The highest BCUT2D eigenvalue weighted by Crippen LogP contribution is 2.20. The molecule has 0 spiro atoms. The van der Waals surface area contributed by atoms with E-state index in [9.17, 15) is 8.42 Å². The molecule has 0 aromatic heterocycles. The van der Waals surface area contributed by atoms with E-state index in [0.29, 0.717) is 18.8 Å². The molecule has 0 saturated heterocycles. The van der Waals surface area contributed by atoms with Crippen LogP contribution in [0.4, 0.5) is 0 Å². The standard InChI is InChI=1S/C11H18N2O3S/c1-9-8-10(4-5-11(9)16-3)17(14,15)13-7-6-12-2/h4-5,8,12-13H,6-7H2,1-3H3. The van der Waals surface area contributed by atoms with Gasteiger partial charge in [-0.3, -0.25) is 0 Å². The van der Waals surface area contributed by atoms with E-state index in [0.717, 1.165) is 5.56 Å². The first-order valence-corrected chi connectivity index (χ1v) is 6.78. The Morgan fingerprint density at radius 2 is 2.00 bits per heavy atom. The normalized spacial score (nSPS) is 11.5. The van der Waals surface area contributed by atoms with E-state index in [2.05, 4.69) is 10.0 Å². The second kappa shape index (κ2) is 6.00. The molecule has 0 atom stereocenters. The molecule has 1 aromatic rings. The molecule has 96 valence electrons. The van der Waals surface area contributed by atoms with Crippen LogP contribution >= 0.6 is 0 Å². The van der Waals surface area contributed by atoms with Crippen LogP contribution in [0.1, 0.15) is 5.56 Å². The Morgan fingerprint density at radius 3 is 2.53 bits per heavy atom. The lowest BCUT2D eigenvalue weighted by atomic mass is 10.2. The van der Waals surface area contributed by atoms with Crippen LogP contribution in [-0.4, -0.2) is 35.7 Å². The molecule has 0 saturated carbocycles. The van der Waals surface area contributed by atoms with Gasteiger partial charge in [0, 0.05) is 13.1 Å². The van der Waals surface area contributed by atoms with Crippen molar-refractivity contribution < 1.29 is 13.2 Å². The number of aryl methyl sites for hydroxylation is 1. The summed E-state index contributed by atoms with van der Waals surface area (Å²) in [5.41, 5.74) is 0.795. The van der Waals surface area contributed by atoms with Gasteiger partial charge in [0.2, 0.25) is 10.0 Å². The minimum atomic E-state index is -3.43. The third kappa shape index (κ3) is 3.69. The number of hydrogen-bond donors (Lipinski definition) is 2. The van der Waals surface area contributed by atoms with E-state index in [-0.39, 0.29) is 4.90 Å². The van der Waals surface area contributed by atoms with Gasteiger partial charge < -0.3 is 10.1 Å². The molecule has 0 heterocycles. The SMILES string of the molecule is CNCCNS(=O)(=O)c1ccc(OC)c(C)c1. The topological polar surface area (TPSA) is 67.4 Å². The average Bonchev–Trinajstić information content (AvgIpc) is 2.29. The summed E-state index contributed by atoms with van der Waals surface area (Å²) < 4.78 is 31.4. The molecule has 0 bridgehead atoms. The molecule has 0 amide bonds. The minimum Gasteiger partial charge on any atom is -0.496 e. The monoisotopic (exact) mass is 258 g/mol. The summed E-state index contributed by atoms with van der Waals surface area (Å²) in [4.78, 5) is 0.256. The Morgan fingerprint density at radius 1 is 1.29 bits per heavy atom. The van der Waals surface area contributed by atoms with Gasteiger partial charge in [0.15, 0.2) is 0 Å². The molecule has 0 aliphatic rings. The molecular weight excluding hydrogens is 240 g/mol. The van der Waals surface area contributed by atoms with Crippen molar-refractivity contribution >= 4 is 10.0 Å². The molecule has 0 unspecified atom stereocenters. The zero-order valence-corrected chi connectivity index (χ0v) is 11.1. The van der Waals surface area contributed by atoms with Gasteiger partial charge in [0.05, 0.1) is 12.0 Å². The molecule has 1 rings (SSSR count). The third-order valence-corrected chi connectivity index (χ3v) is 3.80. The van der Waals surface area contributed by atoms with Gasteiger partial charge in [-0.05, 0) is 37.7 Å². The Kier molecular flexibility index (Phi) is 4.92. The Hall–Kier alpha value is -1.11. The van der Waals surface area contributed by atoms with Gasteiger partial charge in [-0.1, -0.05) is 0 Å². The van der Waals surface area contributed by atoms with Crippen molar-refractivity contribution in [2.45, 2.75) is 11.8 Å². The Balaban J connectivity index is 2.88.